The second kappa shape index (κ2) is 10.4. The van der Waals surface area contributed by atoms with Crippen LogP contribution in [0.15, 0.2) is 32.7 Å². The number of amides is 1. The van der Waals surface area contributed by atoms with Crippen molar-refractivity contribution in [3.8, 4) is 5.75 Å². The predicted molar refractivity (Wildman–Crippen MR) is 131 cm³/mol. The first-order valence-corrected chi connectivity index (χ1v) is 12.2. The molecular weight excluding hydrogens is 462 g/mol. The van der Waals surface area contributed by atoms with E-state index < -0.39 is 27.2 Å². The van der Waals surface area contributed by atoms with Gasteiger partial charge in [-0.15, -0.1) is 0 Å². The summed E-state index contributed by atoms with van der Waals surface area (Å²) in [7, 11) is 0.132. The van der Waals surface area contributed by atoms with Gasteiger partial charge in [0.05, 0.1) is 7.11 Å². The Bertz CT molecular complexity index is 1280. The third-order valence-electron chi connectivity index (χ3n) is 4.99. The summed E-state index contributed by atoms with van der Waals surface area (Å²) in [5, 5.41) is 0. The van der Waals surface area contributed by atoms with Gasteiger partial charge in [-0.25, -0.2) is 17.5 Å². The Balaban J connectivity index is 2.75. The fourth-order valence-electron chi connectivity index (χ4n) is 3.39. The molecule has 1 aromatic carbocycles. The number of aromatic amines is 1. The highest BCUT2D eigenvalue weighted by Crippen LogP contribution is 2.29. The van der Waals surface area contributed by atoms with Crippen LogP contribution in [0, 0.1) is 11.8 Å². The molecule has 0 atom stereocenters. The first-order chi connectivity index (χ1) is 15.7. The van der Waals surface area contributed by atoms with Crippen LogP contribution >= 0.6 is 0 Å². The molecule has 0 saturated heterocycles. The second-order valence-electron chi connectivity index (χ2n) is 8.96. The van der Waals surface area contributed by atoms with Gasteiger partial charge in [0, 0.05) is 32.7 Å². The smallest absolute Gasteiger partial charge is 0.330 e. The average molecular weight is 496 g/mol. The van der Waals surface area contributed by atoms with Crippen molar-refractivity contribution >= 4 is 27.4 Å². The summed E-state index contributed by atoms with van der Waals surface area (Å²) in [5.41, 5.74) is 4.63. The highest BCUT2D eigenvalue weighted by molar-refractivity contribution is 7.89. The Kier molecular flexibility index (Phi) is 8.32. The van der Waals surface area contributed by atoms with Gasteiger partial charge in [0.2, 0.25) is 10.0 Å². The molecule has 11 nitrogen and oxygen atoms in total. The fraction of sp³-hybridized carbons (Fsp3) is 0.500. The quantitative estimate of drug-likeness (QED) is 0.533. The number of nitrogens with two attached hydrogens (primary N) is 1. The molecule has 0 saturated carbocycles. The Morgan fingerprint density at radius 1 is 1.15 bits per heavy atom. The number of rotatable bonds is 9. The van der Waals surface area contributed by atoms with Crippen molar-refractivity contribution in [1.82, 2.24) is 13.9 Å². The summed E-state index contributed by atoms with van der Waals surface area (Å²) in [5.74, 6) is -0.724. The Hall–Kier alpha value is -3.12. The summed E-state index contributed by atoms with van der Waals surface area (Å²) < 4.78 is 33.0. The number of H-pyrrole nitrogens is 1. The van der Waals surface area contributed by atoms with E-state index in [1.165, 1.54) is 48.9 Å². The van der Waals surface area contributed by atoms with E-state index in [9.17, 15) is 22.8 Å². The number of hydrogen-bond acceptors (Lipinski definition) is 7. The van der Waals surface area contributed by atoms with Gasteiger partial charge < -0.3 is 15.4 Å². The van der Waals surface area contributed by atoms with Crippen molar-refractivity contribution < 1.29 is 17.9 Å². The molecule has 0 aliphatic rings. The van der Waals surface area contributed by atoms with Gasteiger partial charge in [-0.05, 0) is 30.0 Å². The van der Waals surface area contributed by atoms with Crippen LogP contribution in [0.2, 0.25) is 0 Å². The molecular formula is C22H33N5O6S. The lowest BCUT2D eigenvalue weighted by atomic mass is 10.1. The number of methoxy groups -OCH3 is 1. The fourth-order valence-corrected chi connectivity index (χ4v) is 4.46. The number of sulfonamides is 1. The molecule has 2 aromatic rings. The van der Waals surface area contributed by atoms with E-state index in [-0.39, 0.29) is 52.6 Å². The summed E-state index contributed by atoms with van der Waals surface area (Å²) in [6.45, 7) is 7.82. The number of nitrogens with zero attached hydrogens (tertiary/aromatic N) is 3. The molecule has 34 heavy (non-hydrogen) atoms. The molecule has 188 valence electrons. The molecule has 1 amide bonds. The van der Waals surface area contributed by atoms with E-state index in [0.717, 1.165) is 4.31 Å². The molecule has 0 unspecified atom stereocenters. The van der Waals surface area contributed by atoms with Gasteiger partial charge >= 0.3 is 5.69 Å². The minimum absolute atomic E-state index is 0.0160. The maximum atomic E-state index is 13.6. The Morgan fingerprint density at radius 3 is 2.26 bits per heavy atom. The molecule has 0 radical (unpaired) electrons. The van der Waals surface area contributed by atoms with E-state index in [1.54, 1.807) is 0 Å². The topological polar surface area (TPSA) is 148 Å². The van der Waals surface area contributed by atoms with Gasteiger partial charge in [-0.2, -0.15) is 0 Å². The SMILES string of the molecule is COc1ccc(C(=O)N(CC(C)C)c2c(N)n(CC(C)C)c(=O)[nH]c2=O)cc1S(=O)(=O)N(C)C. The van der Waals surface area contributed by atoms with Crippen LogP contribution < -0.4 is 26.6 Å². The maximum absolute atomic E-state index is 13.6. The number of benzene rings is 1. The van der Waals surface area contributed by atoms with E-state index in [4.69, 9.17) is 10.5 Å². The van der Waals surface area contributed by atoms with Gasteiger partial charge in [0.25, 0.3) is 11.5 Å². The van der Waals surface area contributed by atoms with Crippen LogP contribution in [0.5, 0.6) is 5.75 Å². The number of aromatic nitrogens is 2. The van der Waals surface area contributed by atoms with Crippen LogP contribution in [0.4, 0.5) is 11.5 Å². The minimum atomic E-state index is -3.93. The predicted octanol–water partition coefficient (Wildman–Crippen LogP) is 1.34. The van der Waals surface area contributed by atoms with E-state index in [2.05, 4.69) is 4.98 Å². The van der Waals surface area contributed by atoms with Crippen molar-refractivity contribution in [2.75, 3.05) is 38.4 Å². The number of nitrogens with one attached hydrogen (secondary N) is 1. The number of hydrogen-bond donors (Lipinski definition) is 2. The molecule has 1 heterocycles. The third kappa shape index (κ3) is 5.50. The molecule has 0 fully saturated rings. The van der Waals surface area contributed by atoms with Crippen molar-refractivity contribution in [1.29, 1.82) is 0 Å². The van der Waals surface area contributed by atoms with E-state index >= 15 is 0 Å². The molecule has 0 aliphatic heterocycles. The summed E-state index contributed by atoms with van der Waals surface area (Å²) in [6.07, 6.45) is 0. The number of anilines is 2. The van der Waals surface area contributed by atoms with Crippen LogP contribution in [-0.2, 0) is 16.6 Å². The average Bonchev–Trinajstić information content (AvgIpc) is 2.74. The Labute approximate surface area is 199 Å². The zero-order valence-corrected chi connectivity index (χ0v) is 21.4. The number of carbonyl (C=O) groups is 1. The standard InChI is InChI=1S/C22H33N5O6S/c1-13(2)11-26(18-19(23)27(12-14(3)4)22(30)24-20(18)28)21(29)15-8-9-16(33-7)17(10-15)34(31,32)25(5)6/h8-10,13-14H,11-12,23H2,1-7H3,(H,24,28,30). The van der Waals surface area contributed by atoms with Crippen molar-refractivity contribution in [2.45, 2.75) is 39.1 Å². The van der Waals surface area contributed by atoms with E-state index in [0.29, 0.717) is 0 Å². The van der Waals surface area contributed by atoms with Crippen molar-refractivity contribution in [3.63, 3.8) is 0 Å². The monoisotopic (exact) mass is 495 g/mol. The van der Waals surface area contributed by atoms with Gasteiger partial charge in [0.1, 0.15) is 16.5 Å². The summed E-state index contributed by atoms with van der Waals surface area (Å²) in [4.78, 5) is 42.0. The largest absolute Gasteiger partial charge is 0.495 e. The van der Waals surface area contributed by atoms with Crippen LogP contribution in [0.3, 0.4) is 0 Å². The normalized spacial score (nSPS) is 11.9. The summed E-state index contributed by atoms with van der Waals surface area (Å²) in [6, 6.07) is 4.00. The maximum Gasteiger partial charge on any atom is 0.330 e. The molecule has 0 spiro atoms. The highest BCUT2D eigenvalue weighted by Gasteiger charge is 2.29. The molecule has 0 aliphatic carbocycles. The Morgan fingerprint density at radius 2 is 1.76 bits per heavy atom. The zero-order chi connectivity index (χ0) is 26.0. The van der Waals surface area contributed by atoms with Crippen molar-refractivity contribution in [2.24, 2.45) is 11.8 Å². The summed E-state index contributed by atoms with van der Waals surface area (Å²) >= 11 is 0. The zero-order valence-electron chi connectivity index (χ0n) is 20.6. The first kappa shape index (κ1) is 27.1. The van der Waals surface area contributed by atoms with Crippen LogP contribution in [-0.4, -0.2) is 55.9 Å². The van der Waals surface area contributed by atoms with Crippen LogP contribution in [0.1, 0.15) is 38.1 Å². The number of ether oxygens (including phenoxy) is 1. The second-order valence-corrected chi connectivity index (χ2v) is 11.1. The molecule has 1 aromatic heterocycles. The van der Waals surface area contributed by atoms with Gasteiger partial charge in [0.15, 0.2) is 5.69 Å². The lowest BCUT2D eigenvalue weighted by molar-refractivity contribution is 0.0983. The third-order valence-corrected chi connectivity index (χ3v) is 6.83. The molecule has 3 N–H and O–H groups in total. The molecule has 2 rings (SSSR count). The van der Waals surface area contributed by atoms with E-state index in [1.807, 2.05) is 27.7 Å². The lowest BCUT2D eigenvalue weighted by Crippen LogP contribution is -2.43. The minimum Gasteiger partial charge on any atom is -0.495 e. The van der Waals surface area contributed by atoms with Crippen molar-refractivity contribution in [3.05, 3.63) is 44.6 Å². The van der Waals surface area contributed by atoms with Gasteiger partial charge in [-0.3, -0.25) is 19.1 Å². The van der Waals surface area contributed by atoms with Gasteiger partial charge in [-0.1, -0.05) is 27.7 Å². The van der Waals surface area contributed by atoms with Crippen LogP contribution in [0.25, 0.3) is 0 Å². The molecule has 12 heteroatoms. The number of carbonyl (C=O) groups excluding carboxylic acids is 1. The molecule has 0 bridgehead atoms. The lowest BCUT2D eigenvalue weighted by Gasteiger charge is -2.27. The first-order valence-electron chi connectivity index (χ1n) is 10.8. The highest BCUT2D eigenvalue weighted by atomic mass is 32.2. The number of nitrogen functional groups attached to an aromatic ring is 1.